The molecule has 0 atom stereocenters. The summed E-state index contributed by atoms with van der Waals surface area (Å²) in [5.41, 5.74) is 2.02. The Kier molecular flexibility index (Phi) is 7.04. The van der Waals surface area contributed by atoms with Gasteiger partial charge in [-0.25, -0.2) is 8.42 Å². The summed E-state index contributed by atoms with van der Waals surface area (Å²) in [4.78, 5) is 0.329. The maximum Gasteiger partial charge on any atom is 0.243 e. The van der Waals surface area contributed by atoms with Crippen molar-refractivity contribution in [1.29, 1.82) is 0 Å². The molecule has 150 valence electrons. The van der Waals surface area contributed by atoms with Crippen LogP contribution in [-0.4, -0.2) is 37.5 Å². The van der Waals surface area contributed by atoms with Gasteiger partial charge in [-0.2, -0.15) is 4.31 Å². The van der Waals surface area contributed by atoms with Gasteiger partial charge in [0, 0.05) is 25.3 Å². The van der Waals surface area contributed by atoms with Gasteiger partial charge in [-0.05, 0) is 67.2 Å². The Balaban J connectivity index is 1.51. The van der Waals surface area contributed by atoms with E-state index in [9.17, 15) is 8.42 Å². The number of piperidine rings is 1. The maximum atomic E-state index is 12.8. The Hall–Kier alpha value is -1.96. The van der Waals surface area contributed by atoms with E-state index in [2.05, 4.69) is 29.7 Å². The first-order valence-corrected chi connectivity index (χ1v) is 11.5. The zero-order valence-electron chi connectivity index (χ0n) is 16.1. The molecule has 0 bridgehead atoms. The highest BCUT2D eigenvalue weighted by Gasteiger charge is 2.27. The van der Waals surface area contributed by atoms with Gasteiger partial charge in [-0.3, -0.25) is 0 Å². The van der Waals surface area contributed by atoms with Gasteiger partial charge in [0.05, 0.1) is 4.90 Å². The monoisotopic (exact) mass is 417 g/mol. The third-order valence-electron chi connectivity index (χ3n) is 5.03. The van der Waals surface area contributed by atoms with Crippen molar-refractivity contribution in [2.24, 2.45) is 5.92 Å². The van der Waals surface area contributed by atoms with E-state index in [0.29, 0.717) is 29.0 Å². The summed E-state index contributed by atoms with van der Waals surface area (Å²) < 4.78 is 27.1. The van der Waals surface area contributed by atoms with Crippen LogP contribution in [-0.2, 0) is 16.4 Å². The van der Waals surface area contributed by atoms with Gasteiger partial charge in [0.25, 0.3) is 0 Å². The van der Waals surface area contributed by atoms with E-state index in [-0.39, 0.29) is 0 Å². The molecule has 3 rings (SSSR count). The largest absolute Gasteiger partial charge is 0.362 e. The SMILES string of the molecule is CC1CCN(S(=O)(=O)c2ccc(NC(=S)NCCc3ccccc3)cc2)CC1. The average Bonchev–Trinajstić information content (AvgIpc) is 2.69. The van der Waals surface area contributed by atoms with Crippen molar-refractivity contribution in [3.05, 3.63) is 60.2 Å². The molecule has 0 spiro atoms. The van der Waals surface area contributed by atoms with Crippen LogP contribution in [0.25, 0.3) is 0 Å². The predicted molar refractivity (Wildman–Crippen MR) is 118 cm³/mol. The summed E-state index contributed by atoms with van der Waals surface area (Å²) in [6.45, 7) is 4.09. The van der Waals surface area contributed by atoms with Gasteiger partial charge in [0.2, 0.25) is 10.0 Å². The lowest BCUT2D eigenvalue weighted by molar-refractivity contribution is 0.288. The van der Waals surface area contributed by atoms with Crippen LogP contribution < -0.4 is 10.6 Å². The van der Waals surface area contributed by atoms with E-state index in [0.717, 1.165) is 31.5 Å². The highest BCUT2D eigenvalue weighted by Crippen LogP contribution is 2.24. The molecule has 0 aliphatic carbocycles. The molecule has 0 aromatic heterocycles. The van der Waals surface area contributed by atoms with Gasteiger partial charge in [0.1, 0.15) is 0 Å². The van der Waals surface area contributed by atoms with Gasteiger partial charge >= 0.3 is 0 Å². The first-order chi connectivity index (χ1) is 13.4. The molecular weight excluding hydrogens is 390 g/mol. The molecule has 2 N–H and O–H groups in total. The maximum absolute atomic E-state index is 12.8. The normalized spacial score (nSPS) is 15.9. The number of hydrogen-bond donors (Lipinski definition) is 2. The summed E-state index contributed by atoms with van der Waals surface area (Å²) in [5, 5.41) is 6.80. The lowest BCUT2D eigenvalue weighted by Crippen LogP contribution is -2.37. The van der Waals surface area contributed by atoms with Crippen LogP contribution in [0.5, 0.6) is 0 Å². The van der Waals surface area contributed by atoms with Gasteiger partial charge in [-0.15, -0.1) is 0 Å². The van der Waals surface area contributed by atoms with Crippen molar-refractivity contribution in [1.82, 2.24) is 9.62 Å². The number of nitrogens with zero attached hydrogens (tertiary/aromatic N) is 1. The second-order valence-electron chi connectivity index (χ2n) is 7.23. The zero-order valence-corrected chi connectivity index (χ0v) is 17.7. The zero-order chi connectivity index (χ0) is 20.0. The van der Waals surface area contributed by atoms with E-state index >= 15 is 0 Å². The summed E-state index contributed by atoms with van der Waals surface area (Å²) >= 11 is 5.32. The molecule has 0 amide bonds. The Morgan fingerprint density at radius 1 is 1.07 bits per heavy atom. The first kappa shape index (κ1) is 20.8. The highest BCUT2D eigenvalue weighted by molar-refractivity contribution is 7.89. The molecule has 2 aromatic carbocycles. The van der Waals surface area contributed by atoms with Gasteiger partial charge < -0.3 is 10.6 Å². The third kappa shape index (κ3) is 5.53. The number of anilines is 1. The molecule has 5 nitrogen and oxygen atoms in total. The molecule has 1 aliphatic rings. The Morgan fingerprint density at radius 2 is 1.71 bits per heavy atom. The molecule has 1 fully saturated rings. The highest BCUT2D eigenvalue weighted by atomic mass is 32.2. The first-order valence-electron chi connectivity index (χ1n) is 9.64. The number of rotatable bonds is 6. The predicted octanol–water partition coefficient (Wildman–Crippen LogP) is 3.64. The van der Waals surface area contributed by atoms with Crippen LogP contribution in [0, 0.1) is 5.92 Å². The van der Waals surface area contributed by atoms with Crippen LogP contribution in [0.2, 0.25) is 0 Å². The molecule has 7 heteroatoms. The van der Waals surface area contributed by atoms with E-state index in [1.807, 2.05) is 18.2 Å². The molecule has 0 unspecified atom stereocenters. The van der Waals surface area contributed by atoms with Crippen molar-refractivity contribution < 1.29 is 8.42 Å². The Morgan fingerprint density at radius 3 is 2.36 bits per heavy atom. The number of benzene rings is 2. The molecule has 1 aliphatic heterocycles. The quantitative estimate of drug-likeness (QED) is 0.703. The van der Waals surface area contributed by atoms with Gasteiger partial charge in [-0.1, -0.05) is 37.3 Å². The van der Waals surface area contributed by atoms with Crippen LogP contribution in [0.3, 0.4) is 0 Å². The minimum atomic E-state index is -3.42. The number of sulfonamides is 1. The molecule has 0 saturated carbocycles. The summed E-state index contributed by atoms with van der Waals surface area (Å²) in [6.07, 6.45) is 2.72. The second kappa shape index (κ2) is 9.49. The van der Waals surface area contributed by atoms with E-state index < -0.39 is 10.0 Å². The van der Waals surface area contributed by atoms with Crippen LogP contribution in [0.4, 0.5) is 5.69 Å². The van der Waals surface area contributed by atoms with Crippen molar-refractivity contribution in [3.63, 3.8) is 0 Å². The topological polar surface area (TPSA) is 61.4 Å². The average molecular weight is 418 g/mol. The number of thiocarbonyl (C=S) groups is 1. The van der Waals surface area contributed by atoms with Crippen molar-refractivity contribution in [2.75, 3.05) is 25.0 Å². The van der Waals surface area contributed by atoms with Crippen molar-refractivity contribution in [3.8, 4) is 0 Å². The van der Waals surface area contributed by atoms with E-state index in [4.69, 9.17) is 12.2 Å². The van der Waals surface area contributed by atoms with Gasteiger partial charge in [0.15, 0.2) is 5.11 Å². The van der Waals surface area contributed by atoms with Crippen LogP contribution in [0.1, 0.15) is 25.3 Å². The molecule has 2 aromatic rings. The van der Waals surface area contributed by atoms with Crippen LogP contribution in [0.15, 0.2) is 59.5 Å². The Labute approximate surface area is 173 Å². The molecule has 1 heterocycles. The fourth-order valence-electron chi connectivity index (χ4n) is 3.22. The molecule has 0 radical (unpaired) electrons. The lowest BCUT2D eigenvalue weighted by atomic mass is 10.0. The molecule has 1 saturated heterocycles. The summed E-state index contributed by atoms with van der Waals surface area (Å²) in [5.74, 6) is 0.591. The van der Waals surface area contributed by atoms with E-state index in [1.165, 1.54) is 5.56 Å². The number of nitrogens with one attached hydrogen (secondary N) is 2. The lowest BCUT2D eigenvalue weighted by Gasteiger charge is -2.29. The number of hydrogen-bond acceptors (Lipinski definition) is 3. The van der Waals surface area contributed by atoms with Crippen LogP contribution >= 0.6 is 12.2 Å². The summed E-state index contributed by atoms with van der Waals surface area (Å²) in [7, 11) is -3.42. The minimum absolute atomic E-state index is 0.329. The smallest absolute Gasteiger partial charge is 0.243 e. The molecule has 28 heavy (non-hydrogen) atoms. The third-order valence-corrected chi connectivity index (χ3v) is 7.19. The molecular formula is C21H27N3O2S2. The fourth-order valence-corrected chi connectivity index (χ4v) is 4.91. The minimum Gasteiger partial charge on any atom is -0.362 e. The second-order valence-corrected chi connectivity index (χ2v) is 9.57. The summed E-state index contributed by atoms with van der Waals surface area (Å²) in [6, 6.07) is 17.0. The van der Waals surface area contributed by atoms with Crippen molar-refractivity contribution >= 4 is 33.0 Å². The standard InChI is InChI=1S/C21H27N3O2S2/c1-17-12-15-24(16-13-17)28(25,26)20-9-7-19(8-10-20)23-21(27)22-14-11-18-5-3-2-4-6-18/h2-10,17H,11-16H2,1H3,(H2,22,23,27). The van der Waals surface area contributed by atoms with E-state index in [1.54, 1.807) is 28.6 Å². The van der Waals surface area contributed by atoms with Crippen molar-refractivity contribution in [2.45, 2.75) is 31.1 Å². The Bertz CT molecular complexity index is 876. The fraction of sp³-hybridized carbons (Fsp3) is 0.381.